The minimum atomic E-state index is -0.680. The summed E-state index contributed by atoms with van der Waals surface area (Å²) in [6, 6.07) is -0.680. The van der Waals surface area contributed by atoms with Gasteiger partial charge in [-0.2, -0.15) is 0 Å². The zero-order valence-corrected chi connectivity index (χ0v) is 9.40. The number of nitrogens with zero attached hydrogens (tertiary/aromatic N) is 1. The molecule has 0 saturated carbocycles. The van der Waals surface area contributed by atoms with Gasteiger partial charge >= 0.3 is 0 Å². The number of terminal acetylenes is 1. The molecule has 1 aliphatic rings. The van der Waals surface area contributed by atoms with E-state index >= 15 is 0 Å². The normalized spacial score (nSPS) is 26.2. The van der Waals surface area contributed by atoms with Gasteiger partial charge in [0, 0.05) is 19.5 Å². The number of carbonyl (C=O) groups is 2. The van der Waals surface area contributed by atoms with Gasteiger partial charge in [-0.05, 0) is 13.3 Å². The highest BCUT2D eigenvalue weighted by Crippen LogP contribution is 2.29. The maximum Gasteiger partial charge on any atom is 0.240 e. The summed E-state index contributed by atoms with van der Waals surface area (Å²) < 4.78 is 0. The number of primary amides is 1. The van der Waals surface area contributed by atoms with Gasteiger partial charge in [0.1, 0.15) is 0 Å². The Kier molecular flexibility index (Phi) is 3.55. The Morgan fingerprint density at radius 3 is 2.69 bits per heavy atom. The average Bonchev–Trinajstić information content (AvgIpc) is 2.61. The monoisotopic (exact) mass is 223 g/mol. The van der Waals surface area contributed by atoms with Gasteiger partial charge in [0.2, 0.25) is 11.8 Å². The largest absolute Gasteiger partial charge is 0.369 e. The lowest BCUT2D eigenvalue weighted by Crippen LogP contribution is -2.44. The van der Waals surface area contributed by atoms with Crippen molar-refractivity contribution in [3.05, 3.63) is 0 Å². The Balaban J connectivity index is 2.64. The van der Waals surface area contributed by atoms with Crippen LogP contribution >= 0.6 is 0 Å². The summed E-state index contributed by atoms with van der Waals surface area (Å²) in [5, 5.41) is 0. The van der Waals surface area contributed by atoms with Crippen LogP contribution in [0.1, 0.15) is 19.8 Å². The van der Waals surface area contributed by atoms with Crippen LogP contribution in [0.2, 0.25) is 0 Å². The molecule has 1 rings (SSSR count). The van der Waals surface area contributed by atoms with E-state index in [1.165, 1.54) is 0 Å². The fourth-order valence-corrected chi connectivity index (χ4v) is 1.80. The predicted octanol–water partition coefficient (Wildman–Crippen LogP) is -0.939. The van der Waals surface area contributed by atoms with E-state index in [0.717, 1.165) is 0 Å². The summed E-state index contributed by atoms with van der Waals surface area (Å²) in [7, 11) is 0. The van der Waals surface area contributed by atoms with E-state index in [1.54, 1.807) is 11.8 Å². The van der Waals surface area contributed by atoms with Crippen molar-refractivity contribution in [1.29, 1.82) is 0 Å². The number of nitrogens with two attached hydrogens (primary N) is 2. The van der Waals surface area contributed by atoms with Crippen LogP contribution < -0.4 is 11.5 Å². The summed E-state index contributed by atoms with van der Waals surface area (Å²) in [5.41, 5.74) is 10.3. The van der Waals surface area contributed by atoms with E-state index in [-0.39, 0.29) is 18.2 Å². The first-order valence-electron chi connectivity index (χ1n) is 5.18. The van der Waals surface area contributed by atoms with Crippen molar-refractivity contribution in [2.45, 2.75) is 25.8 Å². The highest BCUT2D eigenvalue weighted by atomic mass is 16.2. The van der Waals surface area contributed by atoms with Crippen LogP contribution in [-0.2, 0) is 9.59 Å². The molecule has 88 valence electrons. The fraction of sp³-hybridized carbons (Fsp3) is 0.636. The van der Waals surface area contributed by atoms with Crippen LogP contribution in [0.15, 0.2) is 0 Å². The smallest absolute Gasteiger partial charge is 0.240 e. The molecule has 5 nitrogen and oxygen atoms in total. The molecule has 1 heterocycles. The lowest BCUT2D eigenvalue weighted by atomic mass is 9.89. The van der Waals surface area contributed by atoms with Crippen molar-refractivity contribution in [1.82, 2.24) is 4.90 Å². The zero-order valence-electron chi connectivity index (χ0n) is 9.40. The van der Waals surface area contributed by atoms with Crippen LogP contribution in [0.5, 0.6) is 0 Å². The highest BCUT2D eigenvalue weighted by molar-refractivity contribution is 5.85. The number of carbonyl (C=O) groups excluding carboxylic acids is 2. The van der Waals surface area contributed by atoms with E-state index < -0.39 is 11.5 Å². The van der Waals surface area contributed by atoms with Crippen LogP contribution in [0.3, 0.4) is 0 Å². The standard InChI is InChI=1S/C11H17N3O2/c1-3-4-8(12)9(15)14-6-5-11(2,7-14)10(13)16/h1,8H,4-7,12H2,2H3,(H2,13,16). The van der Waals surface area contributed by atoms with Crippen LogP contribution in [-0.4, -0.2) is 35.8 Å². The zero-order chi connectivity index (χ0) is 12.3. The topological polar surface area (TPSA) is 89.4 Å². The van der Waals surface area contributed by atoms with Gasteiger partial charge in [-0.15, -0.1) is 12.3 Å². The molecule has 1 fully saturated rings. The molecule has 0 aliphatic carbocycles. The van der Waals surface area contributed by atoms with Gasteiger partial charge < -0.3 is 16.4 Å². The van der Waals surface area contributed by atoms with E-state index in [9.17, 15) is 9.59 Å². The summed E-state index contributed by atoms with van der Waals surface area (Å²) in [4.78, 5) is 24.6. The van der Waals surface area contributed by atoms with Gasteiger partial charge in [-0.1, -0.05) is 0 Å². The molecule has 0 aromatic heterocycles. The first-order valence-corrected chi connectivity index (χ1v) is 5.18. The number of likely N-dealkylation sites (tertiary alicyclic amines) is 1. The maximum absolute atomic E-state index is 11.8. The third-order valence-electron chi connectivity index (χ3n) is 3.03. The van der Waals surface area contributed by atoms with Crippen LogP contribution in [0.4, 0.5) is 0 Å². The third kappa shape index (κ3) is 2.34. The second-order valence-electron chi connectivity index (χ2n) is 4.45. The third-order valence-corrected chi connectivity index (χ3v) is 3.03. The summed E-state index contributed by atoms with van der Waals surface area (Å²) in [6.45, 7) is 2.60. The van der Waals surface area contributed by atoms with Gasteiger partial charge in [0.05, 0.1) is 11.5 Å². The van der Waals surface area contributed by atoms with Crippen LogP contribution in [0, 0.1) is 17.8 Å². The van der Waals surface area contributed by atoms with Gasteiger partial charge in [-0.25, -0.2) is 0 Å². The average molecular weight is 223 g/mol. The molecule has 4 N–H and O–H groups in total. The van der Waals surface area contributed by atoms with Gasteiger partial charge in [0.15, 0.2) is 0 Å². The lowest BCUT2D eigenvalue weighted by Gasteiger charge is -2.22. The summed E-state index contributed by atoms with van der Waals surface area (Å²) in [5.74, 6) is 1.76. The van der Waals surface area contributed by atoms with E-state index in [2.05, 4.69) is 5.92 Å². The summed E-state index contributed by atoms with van der Waals surface area (Å²) in [6.07, 6.45) is 5.88. The Morgan fingerprint density at radius 2 is 2.25 bits per heavy atom. The Labute approximate surface area is 95.1 Å². The molecule has 1 saturated heterocycles. The molecule has 16 heavy (non-hydrogen) atoms. The van der Waals surface area contributed by atoms with E-state index in [1.807, 2.05) is 0 Å². The molecular formula is C11H17N3O2. The SMILES string of the molecule is C#CCC(N)C(=O)N1CCC(C)(C(N)=O)C1. The number of rotatable bonds is 3. The molecule has 2 amide bonds. The van der Waals surface area contributed by atoms with Crippen LogP contribution in [0.25, 0.3) is 0 Å². The van der Waals surface area contributed by atoms with Crippen molar-refractivity contribution in [2.75, 3.05) is 13.1 Å². The minimum absolute atomic E-state index is 0.206. The first kappa shape index (κ1) is 12.5. The number of amides is 2. The molecule has 5 heteroatoms. The van der Waals surface area contributed by atoms with Crippen molar-refractivity contribution in [3.8, 4) is 12.3 Å². The number of hydrogen-bond donors (Lipinski definition) is 2. The Hall–Kier alpha value is -1.54. The molecule has 0 aromatic rings. The number of hydrogen-bond acceptors (Lipinski definition) is 3. The minimum Gasteiger partial charge on any atom is -0.369 e. The van der Waals surface area contributed by atoms with Crippen molar-refractivity contribution in [3.63, 3.8) is 0 Å². The fourth-order valence-electron chi connectivity index (χ4n) is 1.80. The van der Waals surface area contributed by atoms with Crippen molar-refractivity contribution < 1.29 is 9.59 Å². The molecule has 0 radical (unpaired) electrons. The quantitative estimate of drug-likeness (QED) is 0.605. The summed E-state index contributed by atoms with van der Waals surface area (Å²) >= 11 is 0. The predicted molar refractivity (Wildman–Crippen MR) is 59.9 cm³/mol. The lowest BCUT2D eigenvalue weighted by molar-refractivity contribution is -0.132. The Morgan fingerprint density at radius 1 is 1.62 bits per heavy atom. The maximum atomic E-state index is 11.8. The van der Waals surface area contributed by atoms with E-state index in [4.69, 9.17) is 17.9 Å². The molecule has 2 unspecified atom stereocenters. The molecule has 1 aliphatic heterocycles. The molecular weight excluding hydrogens is 206 g/mol. The molecule has 0 aromatic carbocycles. The first-order chi connectivity index (χ1) is 7.40. The highest BCUT2D eigenvalue weighted by Gasteiger charge is 2.41. The van der Waals surface area contributed by atoms with Gasteiger partial charge in [-0.3, -0.25) is 9.59 Å². The molecule has 0 spiro atoms. The second kappa shape index (κ2) is 4.54. The Bertz CT molecular complexity index is 348. The molecule has 0 bridgehead atoms. The van der Waals surface area contributed by atoms with Gasteiger partial charge in [0.25, 0.3) is 0 Å². The van der Waals surface area contributed by atoms with Crippen molar-refractivity contribution in [2.24, 2.45) is 16.9 Å². The second-order valence-corrected chi connectivity index (χ2v) is 4.45. The molecule has 2 atom stereocenters. The van der Waals surface area contributed by atoms with E-state index in [0.29, 0.717) is 19.5 Å². The van der Waals surface area contributed by atoms with Crippen molar-refractivity contribution >= 4 is 11.8 Å².